The monoisotopic (exact) mass is 795 g/mol. The van der Waals surface area contributed by atoms with Crippen LogP contribution in [0, 0.1) is 17.8 Å². The van der Waals surface area contributed by atoms with E-state index in [1.165, 1.54) is 0 Å². The van der Waals surface area contributed by atoms with Crippen LogP contribution in [0.5, 0.6) is 0 Å². The van der Waals surface area contributed by atoms with Crippen LogP contribution in [0.25, 0.3) is 0 Å². The van der Waals surface area contributed by atoms with Crippen molar-refractivity contribution in [1.82, 2.24) is 14.2 Å². The van der Waals surface area contributed by atoms with E-state index in [-0.39, 0.29) is 18.2 Å². The first-order chi connectivity index (χ1) is 26.5. The number of nitrogens with zero attached hydrogens (tertiary/aromatic N) is 3. The van der Waals surface area contributed by atoms with E-state index in [0.717, 1.165) is 0 Å². The number of carbonyl (C=O) groups excluding carboxylic acids is 9. The van der Waals surface area contributed by atoms with Gasteiger partial charge >= 0.3 is 34.4 Å². The molecule has 0 amide bonds. The van der Waals surface area contributed by atoms with Gasteiger partial charge in [-0.2, -0.15) is 0 Å². The summed E-state index contributed by atoms with van der Waals surface area (Å²) in [5, 5.41) is 34.5. The van der Waals surface area contributed by atoms with Crippen molar-refractivity contribution >= 4 is 52.0 Å². The second-order valence-corrected chi connectivity index (χ2v) is 10.7. The lowest BCUT2D eigenvalue weighted by Gasteiger charge is -2.33. The molecule has 3 N–H and O–H groups in total. The fraction of sp³-hybridized carbons (Fsp3) is 0.167. The normalized spacial score (nSPS) is 13.8. The summed E-state index contributed by atoms with van der Waals surface area (Å²) in [4.78, 5) is 173. The molecule has 300 valence electrons. The number of hydrogen-bond donors (Lipinski definition) is 3. The minimum atomic E-state index is -4.11. The maximum absolute atomic E-state index is 14.0. The maximum atomic E-state index is 14.0. The predicted octanol–water partition coefficient (Wildman–Crippen LogP) is -3.83. The first-order valence-electron chi connectivity index (χ1n) is 15.2. The van der Waals surface area contributed by atoms with Gasteiger partial charge in [0.15, 0.2) is 52.5 Å². The molecule has 0 aromatic carbocycles. The Hall–Kier alpha value is -7.62. The van der Waals surface area contributed by atoms with Crippen LogP contribution in [0.15, 0.2) is 128 Å². The minimum Gasteiger partial charge on any atom is -0.359 e. The first-order valence-corrected chi connectivity index (χ1v) is 15.2. The standard InChI is InChI=1S/C36H33N3O18/c1-10-19(40)28(20(41)11-2)34(52,25(46)16-7)55-37-31(49)38(56-35(53,26(47)17-8)29(21(42)12-3)22(43)13-4)33(51)39(32(37)50)57-36(54,27(48)18-9)30(23(44)14-5)24(45)15-6/h10-18,28-30,52-54H,1-9H2. The van der Waals surface area contributed by atoms with Crippen LogP contribution in [0.3, 0.4) is 0 Å². The second-order valence-electron chi connectivity index (χ2n) is 10.7. The molecule has 0 aliphatic rings. The van der Waals surface area contributed by atoms with Gasteiger partial charge < -0.3 is 29.8 Å². The highest BCUT2D eigenvalue weighted by Gasteiger charge is 2.57. The van der Waals surface area contributed by atoms with Crippen molar-refractivity contribution in [2.24, 2.45) is 17.8 Å². The number of hydrogen-bond acceptors (Lipinski definition) is 18. The topological polar surface area (TPSA) is 308 Å². The van der Waals surface area contributed by atoms with Gasteiger partial charge in [0.25, 0.3) is 0 Å². The van der Waals surface area contributed by atoms with Crippen molar-refractivity contribution in [3.63, 3.8) is 0 Å². The molecule has 0 fully saturated rings. The van der Waals surface area contributed by atoms with Crippen LogP contribution < -0.4 is 31.6 Å². The van der Waals surface area contributed by atoms with Crippen LogP contribution in [-0.2, 0) is 43.2 Å². The SMILES string of the molecule is C=CC(=O)C(C(=O)C=C)C(O)(On1c(=O)n(OC(O)(C(=O)C=C)C(C(=O)C=C)C(=O)C=C)c(=O)n(OC(O)(C(=O)C=C)C(C(=O)C=C)C(=O)C=C)c1=O)C(=O)C=C. The molecule has 0 saturated carbocycles. The summed E-state index contributed by atoms with van der Waals surface area (Å²) >= 11 is 0. The minimum absolute atomic E-state index is 0.189. The van der Waals surface area contributed by atoms with Crippen molar-refractivity contribution in [3.8, 4) is 0 Å². The Labute approximate surface area is 319 Å². The van der Waals surface area contributed by atoms with Gasteiger partial charge in [-0.15, -0.1) is 0 Å². The summed E-state index contributed by atoms with van der Waals surface area (Å²) < 4.78 is -2.96. The number of rotatable bonds is 27. The molecule has 0 bridgehead atoms. The van der Waals surface area contributed by atoms with Crippen LogP contribution in [0.2, 0.25) is 0 Å². The molecule has 3 atom stereocenters. The van der Waals surface area contributed by atoms with Gasteiger partial charge in [-0.25, -0.2) is 14.4 Å². The average Bonchev–Trinajstić information content (AvgIpc) is 3.20. The lowest BCUT2D eigenvalue weighted by molar-refractivity contribution is -0.249. The third kappa shape index (κ3) is 8.70. The summed E-state index contributed by atoms with van der Waals surface area (Å²) in [6.45, 7) is 27.7. The average molecular weight is 796 g/mol. The van der Waals surface area contributed by atoms with Crippen molar-refractivity contribution in [2.75, 3.05) is 0 Å². The summed E-state index contributed by atoms with van der Waals surface area (Å²) in [5.41, 5.74) is -7.58. The van der Waals surface area contributed by atoms with E-state index in [4.69, 9.17) is 14.5 Å². The molecular weight excluding hydrogens is 762 g/mol. The smallest absolute Gasteiger partial charge is 0.359 e. The van der Waals surface area contributed by atoms with E-state index in [2.05, 4.69) is 59.2 Å². The Bertz CT molecular complexity index is 1910. The highest BCUT2D eigenvalue weighted by Crippen LogP contribution is 2.25. The van der Waals surface area contributed by atoms with E-state index in [0.29, 0.717) is 36.5 Å². The number of allylic oxidation sites excluding steroid dienone is 6. The molecule has 57 heavy (non-hydrogen) atoms. The van der Waals surface area contributed by atoms with E-state index in [1.807, 2.05) is 0 Å². The Balaban J connectivity index is 4.90. The van der Waals surface area contributed by atoms with Crippen molar-refractivity contribution < 1.29 is 73.0 Å². The molecule has 0 aliphatic carbocycles. The van der Waals surface area contributed by atoms with Crippen LogP contribution in [-0.4, -0.2) is 98.9 Å². The Morgan fingerprint density at radius 2 is 0.544 bits per heavy atom. The van der Waals surface area contributed by atoms with E-state index < -0.39 is 118 Å². The quantitative estimate of drug-likeness (QED) is 0.0436. The molecule has 1 rings (SSSR count). The molecule has 0 spiro atoms. The number of ketones is 9. The molecule has 21 heteroatoms. The van der Waals surface area contributed by atoms with Gasteiger partial charge in [0.05, 0.1) is 0 Å². The molecule has 0 saturated heterocycles. The predicted molar refractivity (Wildman–Crippen MR) is 191 cm³/mol. The molecule has 0 radical (unpaired) electrons. The van der Waals surface area contributed by atoms with Crippen molar-refractivity contribution in [2.45, 2.75) is 17.4 Å². The number of carbonyl (C=O) groups is 9. The van der Waals surface area contributed by atoms with Gasteiger partial charge in [-0.3, -0.25) is 43.2 Å². The third-order valence-corrected chi connectivity index (χ3v) is 7.44. The van der Waals surface area contributed by atoms with Gasteiger partial charge in [-0.1, -0.05) is 73.4 Å². The lowest BCUT2D eigenvalue weighted by atomic mass is 9.86. The van der Waals surface area contributed by atoms with Gasteiger partial charge in [-0.05, 0) is 54.7 Å². The fourth-order valence-corrected chi connectivity index (χ4v) is 4.59. The fourth-order valence-electron chi connectivity index (χ4n) is 4.59. The molecule has 21 nitrogen and oxygen atoms in total. The Morgan fingerprint density at radius 1 is 0.386 bits per heavy atom. The molecule has 0 aliphatic heterocycles. The maximum Gasteiger partial charge on any atom is 0.404 e. The number of aromatic nitrogens is 3. The van der Waals surface area contributed by atoms with E-state index in [9.17, 15) is 72.9 Å². The lowest BCUT2D eigenvalue weighted by Crippen LogP contribution is -2.70. The molecule has 1 aromatic heterocycles. The second kappa shape index (κ2) is 18.6. The largest absolute Gasteiger partial charge is 0.404 e. The molecule has 1 heterocycles. The summed E-state index contributed by atoms with van der Waals surface area (Å²) in [5.74, 6) is -35.9. The Kier molecular flexibility index (Phi) is 15.5. The van der Waals surface area contributed by atoms with Gasteiger partial charge in [0.2, 0.25) is 17.3 Å². The van der Waals surface area contributed by atoms with Crippen molar-refractivity contribution in [3.05, 3.63) is 145 Å². The van der Waals surface area contributed by atoms with Gasteiger partial charge in [0.1, 0.15) is 0 Å². The summed E-state index contributed by atoms with van der Waals surface area (Å²) in [6.07, 6.45) is 2.70. The zero-order valence-corrected chi connectivity index (χ0v) is 29.6. The summed E-state index contributed by atoms with van der Waals surface area (Å²) in [7, 11) is 0. The molecular formula is C36H33N3O18. The van der Waals surface area contributed by atoms with E-state index in [1.54, 1.807) is 0 Å². The van der Waals surface area contributed by atoms with Gasteiger partial charge in [0, 0.05) is 0 Å². The van der Waals surface area contributed by atoms with Crippen LogP contribution >= 0.6 is 0 Å². The zero-order chi connectivity index (χ0) is 44.4. The first kappa shape index (κ1) is 47.4. The van der Waals surface area contributed by atoms with E-state index >= 15 is 0 Å². The van der Waals surface area contributed by atoms with Crippen LogP contribution in [0.4, 0.5) is 0 Å². The van der Waals surface area contributed by atoms with Crippen molar-refractivity contribution in [1.29, 1.82) is 0 Å². The highest BCUT2D eigenvalue weighted by molar-refractivity contribution is 6.18. The molecule has 1 aromatic rings. The number of aliphatic hydroxyl groups is 3. The Morgan fingerprint density at radius 3 is 0.667 bits per heavy atom. The third-order valence-electron chi connectivity index (χ3n) is 7.44. The highest BCUT2D eigenvalue weighted by atomic mass is 16.8. The van der Waals surface area contributed by atoms with Crippen LogP contribution in [0.1, 0.15) is 0 Å². The summed E-state index contributed by atoms with van der Waals surface area (Å²) in [6, 6.07) is 0. The molecule has 3 unspecified atom stereocenters. The zero-order valence-electron chi connectivity index (χ0n) is 29.6.